The van der Waals surface area contributed by atoms with Gasteiger partial charge in [0.15, 0.2) is 0 Å². The molecule has 0 bridgehead atoms. The molecule has 2 aromatic carbocycles. The van der Waals surface area contributed by atoms with Gasteiger partial charge in [0.1, 0.15) is 5.00 Å². The number of esters is 1. The molecule has 4 nitrogen and oxygen atoms in total. The van der Waals surface area contributed by atoms with Gasteiger partial charge in [-0.05, 0) is 47.1 Å². The topological polar surface area (TPSA) is 55.4 Å². The van der Waals surface area contributed by atoms with Gasteiger partial charge in [0, 0.05) is 4.88 Å². The lowest BCUT2D eigenvalue weighted by Gasteiger charge is -2.18. The number of carbonyl (C=O) groups is 2. The van der Waals surface area contributed by atoms with Crippen LogP contribution in [0.25, 0.3) is 10.8 Å². The number of hydrogen-bond donors (Lipinski definition) is 1. The van der Waals surface area contributed by atoms with Gasteiger partial charge in [-0.1, -0.05) is 49.4 Å². The summed E-state index contributed by atoms with van der Waals surface area (Å²) >= 11 is 1.52. The summed E-state index contributed by atoms with van der Waals surface area (Å²) in [7, 11) is 1.39. The molecule has 144 valence electrons. The number of fused-ring (bicyclic) bond motifs is 2. The summed E-state index contributed by atoms with van der Waals surface area (Å²) in [6.07, 6.45) is 3.13. The monoisotopic (exact) mass is 393 g/mol. The minimum absolute atomic E-state index is 0.118. The molecule has 0 spiro atoms. The maximum absolute atomic E-state index is 12.7. The van der Waals surface area contributed by atoms with Crippen LogP contribution in [0, 0.1) is 5.92 Å². The average molecular weight is 394 g/mol. The van der Waals surface area contributed by atoms with E-state index in [1.807, 2.05) is 36.4 Å². The van der Waals surface area contributed by atoms with Gasteiger partial charge in [-0.3, -0.25) is 4.79 Å². The molecule has 1 unspecified atom stereocenters. The molecule has 1 N–H and O–H groups in total. The minimum Gasteiger partial charge on any atom is -0.465 e. The molecule has 1 heterocycles. The van der Waals surface area contributed by atoms with Crippen molar-refractivity contribution in [3.8, 4) is 0 Å². The van der Waals surface area contributed by atoms with Crippen LogP contribution in [0.4, 0.5) is 5.00 Å². The summed E-state index contributed by atoms with van der Waals surface area (Å²) in [6, 6.07) is 14.1. The summed E-state index contributed by atoms with van der Waals surface area (Å²) in [4.78, 5) is 26.3. The predicted molar refractivity (Wildman–Crippen MR) is 113 cm³/mol. The summed E-state index contributed by atoms with van der Waals surface area (Å²) in [6.45, 7) is 2.22. The Kier molecular flexibility index (Phi) is 5.18. The highest BCUT2D eigenvalue weighted by Crippen LogP contribution is 2.40. The van der Waals surface area contributed by atoms with Crippen molar-refractivity contribution in [2.45, 2.75) is 32.6 Å². The van der Waals surface area contributed by atoms with E-state index in [9.17, 15) is 9.59 Å². The summed E-state index contributed by atoms with van der Waals surface area (Å²) in [5.41, 5.74) is 2.54. The number of carbonyl (C=O) groups excluding carboxylic acids is 2. The van der Waals surface area contributed by atoms with Crippen LogP contribution >= 0.6 is 11.3 Å². The van der Waals surface area contributed by atoms with E-state index in [0.717, 1.165) is 41.2 Å². The molecule has 0 saturated carbocycles. The van der Waals surface area contributed by atoms with Crippen molar-refractivity contribution in [2.24, 2.45) is 5.92 Å². The maximum Gasteiger partial charge on any atom is 0.341 e. The standard InChI is InChI=1S/C23H23NO3S/c1-14-7-10-18-19(11-14)28-22(21(18)23(26)27-2)24-20(25)13-15-8-9-16-5-3-4-6-17(16)12-15/h3-6,8-9,12,14H,7,10-11,13H2,1-2H3,(H,24,25). The first-order valence-corrected chi connectivity index (χ1v) is 10.4. The van der Waals surface area contributed by atoms with E-state index in [0.29, 0.717) is 16.5 Å². The van der Waals surface area contributed by atoms with E-state index >= 15 is 0 Å². The van der Waals surface area contributed by atoms with Gasteiger partial charge in [-0.2, -0.15) is 0 Å². The first-order valence-electron chi connectivity index (χ1n) is 9.55. The Labute approximate surface area is 168 Å². The molecule has 1 aliphatic carbocycles. The molecular weight excluding hydrogens is 370 g/mol. The van der Waals surface area contributed by atoms with Crippen LogP contribution in [0.3, 0.4) is 0 Å². The van der Waals surface area contributed by atoms with Crippen LogP contribution in [0.1, 0.15) is 39.7 Å². The zero-order valence-electron chi connectivity index (χ0n) is 16.1. The molecule has 5 heteroatoms. The number of amides is 1. The Balaban J connectivity index is 1.57. The summed E-state index contributed by atoms with van der Waals surface area (Å²) < 4.78 is 4.99. The lowest BCUT2D eigenvalue weighted by molar-refractivity contribution is -0.115. The Morgan fingerprint density at radius 3 is 2.75 bits per heavy atom. The molecular formula is C23H23NO3S. The Bertz CT molecular complexity index is 1050. The normalized spacial score (nSPS) is 15.9. The van der Waals surface area contributed by atoms with Crippen molar-refractivity contribution in [3.05, 3.63) is 64.0 Å². The van der Waals surface area contributed by atoms with E-state index in [4.69, 9.17) is 4.74 Å². The van der Waals surface area contributed by atoms with Crippen LogP contribution in [0.5, 0.6) is 0 Å². The van der Waals surface area contributed by atoms with Gasteiger partial charge in [-0.15, -0.1) is 11.3 Å². The second-order valence-corrected chi connectivity index (χ2v) is 8.56. The van der Waals surface area contributed by atoms with E-state index in [1.165, 1.54) is 23.3 Å². The average Bonchev–Trinajstić information content (AvgIpc) is 3.03. The number of rotatable bonds is 4. The molecule has 0 aliphatic heterocycles. The molecule has 28 heavy (non-hydrogen) atoms. The molecule has 1 aliphatic rings. The molecule has 1 amide bonds. The highest BCUT2D eigenvalue weighted by molar-refractivity contribution is 7.17. The molecule has 0 fully saturated rings. The van der Waals surface area contributed by atoms with Crippen LogP contribution in [0.15, 0.2) is 42.5 Å². The highest BCUT2D eigenvalue weighted by Gasteiger charge is 2.28. The SMILES string of the molecule is COC(=O)c1c(NC(=O)Cc2ccc3ccccc3c2)sc2c1CCC(C)C2. The fraction of sp³-hybridized carbons (Fsp3) is 0.304. The van der Waals surface area contributed by atoms with E-state index in [2.05, 4.69) is 18.3 Å². The smallest absolute Gasteiger partial charge is 0.341 e. The molecule has 0 radical (unpaired) electrons. The van der Waals surface area contributed by atoms with Gasteiger partial charge in [0.2, 0.25) is 5.91 Å². The molecule has 1 aromatic heterocycles. The van der Waals surface area contributed by atoms with Crippen LogP contribution in [0.2, 0.25) is 0 Å². The zero-order chi connectivity index (χ0) is 19.7. The number of nitrogens with one attached hydrogen (secondary N) is 1. The maximum atomic E-state index is 12.7. The first-order chi connectivity index (χ1) is 13.5. The predicted octanol–water partition coefficient (Wildman–Crippen LogP) is 4.99. The second-order valence-electron chi connectivity index (χ2n) is 7.45. The van der Waals surface area contributed by atoms with Gasteiger partial charge in [0.25, 0.3) is 0 Å². The van der Waals surface area contributed by atoms with Gasteiger partial charge < -0.3 is 10.1 Å². The van der Waals surface area contributed by atoms with E-state index < -0.39 is 0 Å². The van der Waals surface area contributed by atoms with Crippen LogP contribution < -0.4 is 5.32 Å². The van der Waals surface area contributed by atoms with Crippen molar-refractivity contribution in [1.29, 1.82) is 0 Å². The van der Waals surface area contributed by atoms with Gasteiger partial charge in [-0.25, -0.2) is 4.79 Å². The second kappa shape index (κ2) is 7.76. The highest BCUT2D eigenvalue weighted by atomic mass is 32.1. The first kappa shape index (κ1) is 18.7. The minimum atomic E-state index is -0.368. The number of ether oxygens (including phenoxy) is 1. The fourth-order valence-electron chi connectivity index (χ4n) is 3.86. The summed E-state index contributed by atoms with van der Waals surface area (Å²) in [5, 5.41) is 5.86. The fourth-order valence-corrected chi connectivity index (χ4v) is 5.28. The molecule has 1 atom stereocenters. The number of benzene rings is 2. The van der Waals surface area contributed by atoms with Crippen molar-refractivity contribution < 1.29 is 14.3 Å². The Morgan fingerprint density at radius 1 is 1.18 bits per heavy atom. The van der Waals surface area contributed by atoms with Gasteiger partial charge in [0.05, 0.1) is 19.1 Å². The van der Waals surface area contributed by atoms with Gasteiger partial charge >= 0.3 is 5.97 Å². The lowest BCUT2D eigenvalue weighted by Crippen LogP contribution is -2.17. The van der Waals surface area contributed by atoms with Crippen molar-refractivity contribution in [1.82, 2.24) is 0 Å². The zero-order valence-corrected chi connectivity index (χ0v) is 16.9. The molecule has 3 aromatic rings. The van der Waals surface area contributed by atoms with Crippen LogP contribution in [-0.4, -0.2) is 19.0 Å². The summed E-state index contributed by atoms with van der Waals surface area (Å²) in [5.74, 6) is 0.109. The molecule has 4 rings (SSSR count). The van der Waals surface area contributed by atoms with Crippen molar-refractivity contribution in [2.75, 3.05) is 12.4 Å². The Morgan fingerprint density at radius 2 is 1.96 bits per heavy atom. The third-order valence-corrected chi connectivity index (χ3v) is 6.50. The number of thiophene rings is 1. The number of methoxy groups -OCH3 is 1. The number of anilines is 1. The Hall–Kier alpha value is -2.66. The number of hydrogen-bond acceptors (Lipinski definition) is 4. The quantitative estimate of drug-likeness (QED) is 0.635. The third kappa shape index (κ3) is 3.67. The van der Waals surface area contributed by atoms with E-state index in [1.54, 1.807) is 0 Å². The van der Waals surface area contributed by atoms with Crippen molar-refractivity contribution >= 4 is 39.0 Å². The lowest BCUT2D eigenvalue weighted by atomic mass is 9.88. The van der Waals surface area contributed by atoms with Crippen LogP contribution in [-0.2, 0) is 28.8 Å². The van der Waals surface area contributed by atoms with E-state index in [-0.39, 0.29) is 18.3 Å². The van der Waals surface area contributed by atoms with Crippen molar-refractivity contribution in [3.63, 3.8) is 0 Å². The largest absolute Gasteiger partial charge is 0.465 e. The molecule has 0 saturated heterocycles. The third-order valence-electron chi connectivity index (χ3n) is 5.33.